The minimum absolute atomic E-state index is 0.0722. The first-order valence-corrected chi connectivity index (χ1v) is 5.63. The van der Waals surface area contributed by atoms with Crippen molar-refractivity contribution in [3.8, 4) is 0 Å². The Kier molecular flexibility index (Phi) is 2.79. The second-order valence-corrected chi connectivity index (χ2v) is 5.27. The van der Waals surface area contributed by atoms with E-state index in [0.717, 1.165) is 8.66 Å². The maximum atomic E-state index is 11.3. The van der Waals surface area contributed by atoms with E-state index in [0.29, 0.717) is 6.54 Å². The fraction of sp³-hybridized carbons (Fsp3) is 0.111. The van der Waals surface area contributed by atoms with Crippen molar-refractivity contribution >= 4 is 27.3 Å². The molecule has 0 bridgehead atoms. The summed E-state index contributed by atoms with van der Waals surface area (Å²) in [5.41, 5.74) is -0.0722. The zero-order valence-electron chi connectivity index (χ0n) is 7.18. The Morgan fingerprint density at radius 3 is 2.93 bits per heavy atom. The van der Waals surface area contributed by atoms with Crippen molar-refractivity contribution in [2.75, 3.05) is 0 Å². The molecule has 0 aliphatic heterocycles. The summed E-state index contributed by atoms with van der Waals surface area (Å²) in [5.74, 6) is 0. The molecule has 0 saturated carbocycles. The molecule has 0 unspecified atom stereocenters. The van der Waals surface area contributed by atoms with Crippen molar-refractivity contribution < 1.29 is 0 Å². The maximum Gasteiger partial charge on any atom is 0.267 e. The average molecular weight is 271 g/mol. The third kappa shape index (κ3) is 2.10. The van der Waals surface area contributed by atoms with Gasteiger partial charge in [-0.2, -0.15) is 5.10 Å². The molecule has 0 N–H and O–H groups in total. The largest absolute Gasteiger partial charge is 0.268 e. The second kappa shape index (κ2) is 4.06. The van der Waals surface area contributed by atoms with E-state index >= 15 is 0 Å². The molecule has 2 aromatic rings. The highest BCUT2D eigenvalue weighted by molar-refractivity contribution is 9.11. The predicted octanol–water partition coefficient (Wildman–Crippen LogP) is 2.12. The van der Waals surface area contributed by atoms with Crippen LogP contribution in [-0.4, -0.2) is 9.78 Å². The molecule has 0 atom stereocenters. The van der Waals surface area contributed by atoms with Crippen LogP contribution in [0.3, 0.4) is 0 Å². The van der Waals surface area contributed by atoms with Crippen LogP contribution < -0.4 is 5.56 Å². The lowest BCUT2D eigenvalue weighted by molar-refractivity contribution is 0.645. The van der Waals surface area contributed by atoms with Crippen LogP contribution in [-0.2, 0) is 6.54 Å². The minimum Gasteiger partial charge on any atom is -0.268 e. The Morgan fingerprint density at radius 2 is 2.29 bits per heavy atom. The molecule has 0 radical (unpaired) electrons. The predicted molar refractivity (Wildman–Crippen MR) is 59.6 cm³/mol. The molecule has 2 rings (SSSR count). The molecular weight excluding hydrogens is 264 g/mol. The highest BCUT2D eigenvalue weighted by atomic mass is 79.9. The lowest BCUT2D eigenvalue weighted by Crippen LogP contribution is -2.21. The second-order valence-electron chi connectivity index (χ2n) is 2.73. The first kappa shape index (κ1) is 9.61. The molecule has 0 spiro atoms. The molecular formula is C9H7BrN2OS. The smallest absolute Gasteiger partial charge is 0.267 e. The molecule has 0 aromatic carbocycles. The molecule has 0 amide bonds. The monoisotopic (exact) mass is 270 g/mol. The van der Waals surface area contributed by atoms with E-state index in [1.165, 1.54) is 10.7 Å². The van der Waals surface area contributed by atoms with E-state index in [1.807, 2.05) is 12.1 Å². The van der Waals surface area contributed by atoms with Crippen molar-refractivity contribution in [3.05, 3.63) is 49.5 Å². The Balaban J connectivity index is 2.27. The lowest BCUT2D eigenvalue weighted by atomic mass is 10.4. The molecule has 2 aromatic heterocycles. The Bertz CT molecular complexity index is 491. The SMILES string of the molecule is O=c1cccnn1Cc1ccc(Br)s1. The van der Waals surface area contributed by atoms with Crippen molar-refractivity contribution in [1.29, 1.82) is 0 Å². The number of aromatic nitrogens is 2. The number of hydrogen-bond acceptors (Lipinski definition) is 3. The van der Waals surface area contributed by atoms with Gasteiger partial charge in [-0.1, -0.05) is 0 Å². The maximum absolute atomic E-state index is 11.3. The van der Waals surface area contributed by atoms with Crippen LogP contribution in [0, 0.1) is 0 Å². The van der Waals surface area contributed by atoms with Gasteiger partial charge in [0.2, 0.25) is 0 Å². The van der Waals surface area contributed by atoms with Gasteiger partial charge < -0.3 is 0 Å². The van der Waals surface area contributed by atoms with Gasteiger partial charge in [-0.3, -0.25) is 4.79 Å². The summed E-state index contributed by atoms with van der Waals surface area (Å²) in [4.78, 5) is 12.4. The Hall–Kier alpha value is -0.940. The quantitative estimate of drug-likeness (QED) is 0.838. The van der Waals surface area contributed by atoms with Gasteiger partial charge in [-0.05, 0) is 34.1 Å². The van der Waals surface area contributed by atoms with E-state index in [1.54, 1.807) is 23.6 Å². The molecule has 5 heteroatoms. The van der Waals surface area contributed by atoms with E-state index in [-0.39, 0.29) is 5.56 Å². The zero-order valence-corrected chi connectivity index (χ0v) is 9.59. The van der Waals surface area contributed by atoms with E-state index in [2.05, 4.69) is 21.0 Å². The van der Waals surface area contributed by atoms with E-state index in [4.69, 9.17) is 0 Å². The van der Waals surface area contributed by atoms with Gasteiger partial charge in [0.05, 0.1) is 10.3 Å². The van der Waals surface area contributed by atoms with Crippen molar-refractivity contribution in [2.24, 2.45) is 0 Å². The summed E-state index contributed by atoms with van der Waals surface area (Å²) in [6.45, 7) is 0.538. The number of nitrogens with zero attached hydrogens (tertiary/aromatic N) is 2. The first-order valence-electron chi connectivity index (χ1n) is 4.02. The summed E-state index contributed by atoms with van der Waals surface area (Å²) < 4.78 is 2.51. The summed E-state index contributed by atoms with van der Waals surface area (Å²) in [6, 6.07) is 7.10. The van der Waals surface area contributed by atoms with Crippen LogP contribution in [0.4, 0.5) is 0 Å². The van der Waals surface area contributed by atoms with Crippen LogP contribution in [0.25, 0.3) is 0 Å². The molecule has 14 heavy (non-hydrogen) atoms. The number of halogens is 1. The van der Waals surface area contributed by atoms with Gasteiger partial charge in [0, 0.05) is 17.1 Å². The molecule has 0 aliphatic rings. The summed E-state index contributed by atoms with van der Waals surface area (Å²) in [7, 11) is 0. The van der Waals surface area contributed by atoms with Crippen LogP contribution in [0.5, 0.6) is 0 Å². The van der Waals surface area contributed by atoms with E-state index < -0.39 is 0 Å². The number of thiophene rings is 1. The Labute approximate surface area is 93.1 Å². The third-order valence-electron chi connectivity index (χ3n) is 1.72. The molecule has 0 fully saturated rings. The summed E-state index contributed by atoms with van der Waals surface area (Å²) in [5, 5.41) is 3.98. The molecule has 0 aliphatic carbocycles. The average Bonchev–Trinajstić information content (AvgIpc) is 2.56. The highest BCUT2D eigenvalue weighted by Crippen LogP contribution is 2.22. The van der Waals surface area contributed by atoms with Gasteiger partial charge in [0.25, 0.3) is 5.56 Å². The molecule has 2 heterocycles. The standard InChI is InChI=1S/C9H7BrN2OS/c10-8-4-3-7(14-8)6-12-9(13)2-1-5-11-12/h1-5H,6H2. The molecule has 3 nitrogen and oxygen atoms in total. The normalized spacial score (nSPS) is 10.4. The van der Waals surface area contributed by atoms with Gasteiger partial charge >= 0.3 is 0 Å². The fourth-order valence-corrected chi connectivity index (χ4v) is 2.56. The fourth-order valence-electron chi connectivity index (χ4n) is 1.09. The third-order valence-corrected chi connectivity index (χ3v) is 3.33. The summed E-state index contributed by atoms with van der Waals surface area (Å²) in [6.07, 6.45) is 1.62. The van der Waals surface area contributed by atoms with Gasteiger partial charge in [0.15, 0.2) is 0 Å². The molecule has 0 saturated heterocycles. The lowest BCUT2D eigenvalue weighted by Gasteiger charge is -1.99. The van der Waals surface area contributed by atoms with Crippen LogP contribution in [0.1, 0.15) is 4.88 Å². The minimum atomic E-state index is -0.0722. The number of rotatable bonds is 2. The van der Waals surface area contributed by atoms with Crippen LogP contribution in [0.15, 0.2) is 39.0 Å². The van der Waals surface area contributed by atoms with Gasteiger partial charge in [0.1, 0.15) is 0 Å². The number of hydrogen-bond donors (Lipinski definition) is 0. The van der Waals surface area contributed by atoms with Crippen molar-refractivity contribution in [1.82, 2.24) is 9.78 Å². The molecule has 72 valence electrons. The first-order chi connectivity index (χ1) is 6.75. The van der Waals surface area contributed by atoms with Gasteiger partial charge in [-0.25, -0.2) is 4.68 Å². The topological polar surface area (TPSA) is 34.9 Å². The van der Waals surface area contributed by atoms with Crippen molar-refractivity contribution in [2.45, 2.75) is 6.54 Å². The Morgan fingerprint density at radius 1 is 1.43 bits per heavy atom. The van der Waals surface area contributed by atoms with Gasteiger partial charge in [-0.15, -0.1) is 11.3 Å². The van der Waals surface area contributed by atoms with E-state index in [9.17, 15) is 4.79 Å². The highest BCUT2D eigenvalue weighted by Gasteiger charge is 2.00. The summed E-state index contributed by atoms with van der Waals surface area (Å²) >= 11 is 4.98. The zero-order chi connectivity index (χ0) is 9.97. The van der Waals surface area contributed by atoms with Crippen LogP contribution in [0.2, 0.25) is 0 Å². The van der Waals surface area contributed by atoms with Crippen LogP contribution >= 0.6 is 27.3 Å². The van der Waals surface area contributed by atoms with Crippen molar-refractivity contribution in [3.63, 3.8) is 0 Å².